The van der Waals surface area contributed by atoms with Gasteiger partial charge in [-0.1, -0.05) is 18.2 Å². The average Bonchev–Trinajstić information content (AvgIpc) is 2.73. The highest BCUT2D eigenvalue weighted by molar-refractivity contribution is 7.89. The van der Waals surface area contributed by atoms with Gasteiger partial charge in [0.25, 0.3) is 5.91 Å². The molecule has 1 heterocycles. The van der Waals surface area contributed by atoms with Crippen molar-refractivity contribution in [2.24, 2.45) is 0 Å². The number of benzene rings is 2. The highest BCUT2D eigenvalue weighted by atomic mass is 32.2. The number of hydrogen-bond donors (Lipinski definition) is 2. The van der Waals surface area contributed by atoms with Crippen LogP contribution < -0.4 is 10.2 Å². The lowest BCUT2D eigenvalue weighted by Gasteiger charge is -2.35. The summed E-state index contributed by atoms with van der Waals surface area (Å²) in [6.45, 7) is 1.44. The van der Waals surface area contributed by atoms with E-state index < -0.39 is 28.4 Å². The first-order valence-corrected chi connectivity index (χ1v) is 10.2. The van der Waals surface area contributed by atoms with Gasteiger partial charge in [-0.25, -0.2) is 8.42 Å². The van der Waals surface area contributed by atoms with Crippen LogP contribution in [0.2, 0.25) is 0 Å². The van der Waals surface area contributed by atoms with Crippen LogP contribution in [0.5, 0.6) is 0 Å². The standard InChI is InChI=1S/C19H21N3O5S/c23-18(24)14-20-19(25)15-6-8-17(9-7-15)28(26,27)22-12-10-21(11-13-22)16-4-2-1-3-5-16/h1-9H,10-14H2,(H,20,25)(H,23,24). The van der Waals surface area contributed by atoms with Gasteiger partial charge in [0.2, 0.25) is 10.0 Å². The van der Waals surface area contributed by atoms with Crippen LogP contribution in [0.3, 0.4) is 0 Å². The maximum atomic E-state index is 12.9. The summed E-state index contributed by atoms with van der Waals surface area (Å²) < 4.78 is 27.1. The van der Waals surface area contributed by atoms with Crippen LogP contribution >= 0.6 is 0 Å². The van der Waals surface area contributed by atoms with E-state index in [0.717, 1.165) is 5.69 Å². The second-order valence-electron chi connectivity index (χ2n) is 6.33. The van der Waals surface area contributed by atoms with Crippen molar-refractivity contribution in [2.75, 3.05) is 37.6 Å². The lowest BCUT2D eigenvalue weighted by molar-refractivity contribution is -0.135. The van der Waals surface area contributed by atoms with Crippen LogP contribution in [-0.2, 0) is 14.8 Å². The molecule has 2 aromatic rings. The molecule has 3 rings (SSSR count). The van der Waals surface area contributed by atoms with Crippen LogP contribution in [0, 0.1) is 0 Å². The number of hydrogen-bond acceptors (Lipinski definition) is 5. The molecule has 2 N–H and O–H groups in total. The second kappa shape index (κ2) is 8.41. The topological polar surface area (TPSA) is 107 Å². The van der Waals surface area contributed by atoms with Crippen molar-refractivity contribution in [1.82, 2.24) is 9.62 Å². The van der Waals surface area contributed by atoms with Gasteiger partial charge in [-0.2, -0.15) is 4.31 Å². The van der Waals surface area contributed by atoms with E-state index in [0.29, 0.717) is 26.2 Å². The molecule has 28 heavy (non-hydrogen) atoms. The number of nitrogens with one attached hydrogen (secondary N) is 1. The fourth-order valence-corrected chi connectivity index (χ4v) is 4.43. The van der Waals surface area contributed by atoms with Gasteiger partial charge in [-0.3, -0.25) is 9.59 Å². The molecule has 1 amide bonds. The highest BCUT2D eigenvalue weighted by Crippen LogP contribution is 2.21. The maximum Gasteiger partial charge on any atom is 0.322 e. The lowest BCUT2D eigenvalue weighted by Crippen LogP contribution is -2.48. The number of carboxylic acid groups (broad SMARTS) is 1. The summed E-state index contributed by atoms with van der Waals surface area (Å²) in [6, 6.07) is 15.3. The van der Waals surface area contributed by atoms with Crippen molar-refractivity contribution in [3.05, 3.63) is 60.2 Å². The monoisotopic (exact) mass is 403 g/mol. The summed E-state index contributed by atoms with van der Waals surface area (Å²) in [5.41, 5.74) is 1.27. The normalized spacial score (nSPS) is 15.2. The molecule has 1 saturated heterocycles. The molecule has 0 unspecified atom stereocenters. The molecule has 0 spiro atoms. The molecular formula is C19H21N3O5S. The Balaban J connectivity index is 1.65. The minimum absolute atomic E-state index is 0.107. The van der Waals surface area contributed by atoms with Gasteiger partial charge < -0.3 is 15.3 Å². The molecular weight excluding hydrogens is 382 g/mol. The second-order valence-corrected chi connectivity index (χ2v) is 8.27. The average molecular weight is 403 g/mol. The Morgan fingerprint density at radius 3 is 2.11 bits per heavy atom. The van der Waals surface area contributed by atoms with Gasteiger partial charge in [0.1, 0.15) is 6.54 Å². The molecule has 2 aromatic carbocycles. The van der Waals surface area contributed by atoms with E-state index in [1.807, 2.05) is 30.3 Å². The fourth-order valence-electron chi connectivity index (χ4n) is 3.01. The Hall–Kier alpha value is -2.91. The van der Waals surface area contributed by atoms with Gasteiger partial charge in [0.05, 0.1) is 4.90 Å². The molecule has 0 saturated carbocycles. The molecule has 0 atom stereocenters. The van der Waals surface area contributed by atoms with Crippen molar-refractivity contribution in [2.45, 2.75) is 4.90 Å². The summed E-state index contributed by atoms with van der Waals surface area (Å²) in [4.78, 5) is 24.6. The van der Waals surface area contributed by atoms with Crippen LogP contribution in [0.1, 0.15) is 10.4 Å². The minimum Gasteiger partial charge on any atom is -0.480 e. The van der Waals surface area contributed by atoms with Crippen LogP contribution in [0.4, 0.5) is 5.69 Å². The SMILES string of the molecule is O=C(O)CNC(=O)c1ccc(S(=O)(=O)N2CCN(c3ccccc3)CC2)cc1. The summed E-state index contributed by atoms with van der Waals surface area (Å²) in [6.07, 6.45) is 0. The van der Waals surface area contributed by atoms with E-state index >= 15 is 0 Å². The number of sulfonamides is 1. The van der Waals surface area contributed by atoms with E-state index in [1.165, 1.54) is 28.6 Å². The first-order valence-electron chi connectivity index (χ1n) is 8.78. The third-order valence-electron chi connectivity index (χ3n) is 4.51. The zero-order chi connectivity index (χ0) is 20.1. The molecule has 148 valence electrons. The van der Waals surface area contributed by atoms with Gasteiger partial charge >= 0.3 is 5.97 Å². The third kappa shape index (κ3) is 4.49. The fraction of sp³-hybridized carbons (Fsp3) is 0.263. The number of aliphatic carboxylic acids is 1. The smallest absolute Gasteiger partial charge is 0.322 e. The van der Waals surface area contributed by atoms with E-state index in [-0.39, 0.29) is 10.5 Å². The summed E-state index contributed by atoms with van der Waals surface area (Å²) in [7, 11) is -3.65. The first kappa shape index (κ1) is 19.8. The van der Waals surface area contributed by atoms with E-state index in [1.54, 1.807) is 0 Å². The van der Waals surface area contributed by atoms with Crippen molar-refractivity contribution in [1.29, 1.82) is 0 Å². The zero-order valence-corrected chi connectivity index (χ0v) is 15.9. The predicted octanol–water partition coefficient (Wildman–Crippen LogP) is 1.01. The highest BCUT2D eigenvalue weighted by Gasteiger charge is 2.28. The van der Waals surface area contributed by atoms with Crippen molar-refractivity contribution >= 4 is 27.6 Å². The Labute approximate surface area is 163 Å². The molecule has 8 nitrogen and oxygen atoms in total. The van der Waals surface area contributed by atoms with E-state index in [2.05, 4.69) is 10.2 Å². The van der Waals surface area contributed by atoms with Crippen LogP contribution in [0.15, 0.2) is 59.5 Å². The molecule has 0 bridgehead atoms. The number of amides is 1. The van der Waals surface area contributed by atoms with Gasteiger partial charge in [-0.15, -0.1) is 0 Å². The first-order chi connectivity index (χ1) is 13.4. The van der Waals surface area contributed by atoms with E-state index in [4.69, 9.17) is 5.11 Å². The largest absolute Gasteiger partial charge is 0.480 e. The summed E-state index contributed by atoms with van der Waals surface area (Å²) in [5.74, 6) is -1.72. The van der Waals surface area contributed by atoms with Crippen molar-refractivity contribution in [3.8, 4) is 0 Å². The number of carbonyl (C=O) groups excluding carboxylic acids is 1. The Morgan fingerprint density at radius 1 is 0.929 bits per heavy atom. The number of nitrogens with zero attached hydrogens (tertiary/aromatic N) is 2. The van der Waals surface area contributed by atoms with Crippen LogP contribution in [-0.4, -0.2) is 62.4 Å². The molecule has 1 aliphatic rings. The van der Waals surface area contributed by atoms with Gasteiger partial charge in [0, 0.05) is 37.4 Å². The number of carbonyl (C=O) groups is 2. The number of para-hydroxylation sites is 1. The Morgan fingerprint density at radius 2 is 1.54 bits per heavy atom. The van der Waals surface area contributed by atoms with Crippen molar-refractivity contribution in [3.63, 3.8) is 0 Å². The Bertz CT molecular complexity index is 937. The molecule has 1 aliphatic heterocycles. The van der Waals surface area contributed by atoms with Gasteiger partial charge in [-0.05, 0) is 36.4 Å². The summed E-state index contributed by atoms with van der Waals surface area (Å²) in [5, 5.41) is 10.8. The number of carboxylic acids is 1. The number of anilines is 1. The van der Waals surface area contributed by atoms with Crippen LogP contribution in [0.25, 0.3) is 0 Å². The van der Waals surface area contributed by atoms with E-state index in [9.17, 15) is 18.0 Å². The third-order valence-corrected chi connectivity index (χ3v) is 6.43. The molecule has 9 heteroatoms. The number of piperazine rings is 1. The van der Waals surface area contributed by atoms with Crippen molar-refractivity contribution < 1.29 is 23.1 Å². The zero-order valence-electron chi connectivity index (χ0n) is 15.1. The summed E-state index contributed by atoms with van der Waals surface area (Å²) >= 11 is 0. The lowest BCUT2D eigenvalue weighted by atomic mass is 10.2. The Kier molecular flexibility index (Phi) is 5.96. The number of rotatable bonds is 6. The molecule has 0 radical (unpaired) electrons. The molecule has 1 fully saturated rings. The minimum atomic E-state index is -3.65. The molecule has 0 aromatic heterocycles. The maximum absolute atomic E-state index is 12.9. The predicted molar refractivity (Wildman–Crippen MR) is 104 cm³/mol. The molecule has 0 aliphatic carbocycles. The van der Waals surface area contributed by atoms with Gasteiger partial charge in [0.15, 0.2) is 0 Å². The quantitative estimate of drug-likeness (QED) is 0.746.